The zero-order valence-electron chi connectivity index (χ0n) is 24.7. The summed E-state index contributed by atoms with van der Waals surface area (Å²) in [7, 11) is -2.34. The highest BCUT2D eigenvalue weighted by molar-refractivity contribution is 7.47. The number of phosphoric acid groups is 1. The predicted octanol–water partition coefficient (Wildman–Crippen LogP) is 3.66. The van der Waals surface area contributed by atoms with Gasteiger partial charge >= 0.3 is 19.5 Å². The van der Waals surface area contributed by atoms with Gasteiger partial charge in [-0.05, 0) is 12.1 Å². The molecule has 6 rings (SSSR count). The fourth-order valence-corrected chi connectivity index (χ4v) is 7.95. The van der Waals surface area contributed by atoms with Gasteiger partial charge in [0.05, 0.1) is 43.6 Å². The Balaban J connectivity index is 1.12. The van der Waals surface area contributed by atoms with Crippen molar-refractivity contribution in [3.63, 3.8) is 0 Å². The van der Waals surface area contributed by atoms with Crippen molar-refractivity contribution in [1.82, 2.24) is 9.55 Å². The third-order valence-electron chi connectivity index (χ3n) is 9.30. The van der Waals surface area contributed by atoms with Crippen molar-refractivity contribution in [3.8, 4) is 0 Å². The topological polar surface area (TPSA) is 146 Å². The minimum Gasteiger partial charge on any atom is -0.456 e. The van der Waals surface area contributed by atoms with E-state index in [0.717, 1.165) is 28.4 Å². The van der Waals surface area contributed by atoms with E-state index in [4.69, 9.17) is 18.5 Å². The van der Waals surface area contributed by atoms with Gasteiger partial charge < -0.3 is 18.9 Å². The number of phosphoric ester groups is 1. The molecule has 2 bridgehead atoms. The quantitative estimate of drug-likeness (QED) is 0.192. The first-order chi connectivity index (χ1) is 21.5. The van der Waals surface area contributed by atoms with E-state index >= 15 is 0 Å². The Bertz CT molecular complexity index is 1670. The molecule has 3 aliphatic rings. The van der Waals surface area contributed by atoms with Gasteiger partial charge in [0.25, 0.3) is 5.56 Å². The summed E-state index contributed by atoms with van der Waals surface area (Å²) in [6.07, 6.45) is 0.0215. The Labute approximate surface area is 258 Å². The number of aromatic amines is 1. The van der Waals surface area contributed by atoms with E-state index in [1.54, 1.807) is 30.3 Å². The molecular weight excluding hydrogens is 608 g/mol. The van der Waals surface area contributed by atoms with Gasteiger partial charge in [-0.2, -0.15) is 4.39 Å². The van der Waals surface area contributed by atoms with Gasteiger partial charge in [-0.1, -0.05) is 48.5 Å². The second kappa shape index (κ2) is 12.7. The van der Waals surface area contributed by atoms with E-state index in [1.165, 1.54) is 5.56 Å². The molecule has 240 valence electrons. The molecule has 0 saturated carbocycles. The van der Waals surface area contributed by atoms with Gasteiger partial charge in [-0.15, -0.1) is 0 Å². The lowest BCUT2D eigenvalue weighted by molar-refractivity contribution is -0.961. The first-order valence-electron chi connectivity index (χ1n) is 15.0. The zero-order valence-corrected chi connectivity index (χ0v) is 25.6. The number of carbonyl (C=O) groups is 1. The van der Waals surface area contributed by atoms with Crippen molar-refractivity contribution < 1.29 is 41.6 Å². The molecule has 3 aliphatic heterocycles. The number of hydrogen-bond acceptors (Lipinski definition) is 8. The Morgan fingerprint density at radius 2 is 1.71 bits per heavy atom. The summed E-state index contributed by atoms with van der Waals surface area (Å²) < 4.78 is 51.4. The van der Waals surface area contributed by atoms with Crippen LogP contribution < -0.4 is 11.2 Å². The largest absolute Gasteiger partial charge is 0.472 e. The van der Waals surface area contributed by atoms with Crippen LogP contribution in [0.15, 0.2) is 76.4 Å². The number of nitrogens with one attached hydrogen (secondary N) is 1. The van der Waals surface area contributed by atoms with Gasteiger partial charge in [-0.25, -0.2) is 14.2 Å². The van der Waals surface area contributed by atoms with Crippen LogP contribution in [0.5, 0.6) is 0 Å². The van der Waals surface area contributed by atoms with Crippen LogP contribution in [0.2, 0.25) is 0 Å². The maximum absolute atomic E-state index is 14.0. The number of rotatable bonds is 10. The van der Waals surface area contributed by atoms with E-state index in [2.05, 4.69) is 19.2 Å². The number of H-pyrrole nitrogens is 1. The number of carbonyl (C=O) groups excluding carboxylic acids is 1. The summed E-state index contributed by atoms with van der Waals surface area (Å²) in [4.78, 5) is 49.3. The van der Waals surface area contributed by atoms with Gasteiger partial charge in [0, 0.05) is 37.7 Å². The van der Waals surface area contributed by atoms with Gasteiger partial charge in [0.1, 0.15) is 25.0 Å². The highest BCUT2D eigenvalue weighted by Gasteiger charge is 2.53. The van der Waals surface area contributed by atoms with Crippen LogP contribution in [0.25, 0.3) is 0 Å². The first kappa shape index (κ1) is 31.5. The van der Waals surface area contributed by atoms with Crippen LogP contribution in [-0.4, -0.2) is 68.9 Å². The normalized spacial score (nSPS) is 30.6. The minimum absolute atomic E-state index is 0.113. The highest BCUT2D eigenvalue weighted by Crippen LogP contribution is 2.51. The number of ether oxygens (including phenoxy) is 2. The highest BCUT2D eigenvalue weighted by atomic mass is 31.2. The fraction of sp³-hybridized carbons (Fsp3) is 0.452. The van der Waals surface area contributed by atoms with Crippen LogP contribution in [0, 0.1) is 5.82 Å². The van der Waals surface area contributed by atoms with Crippen molar-refractivity contribution in [2.45, 2.75) is 75.3 Å². The number of piperidine rings is 1. The number of halogens is 1. The third kappa shape index (κ3) is 6.89. The van der Waals surface area contributed by atoms with Crippen molar-refractivity contribution in [2.24, 2.45) is 0 Å². The fourth-order valence-electron chi connectivity index (χ4n) is 7.00. The molecule has 0 spiro atoms. The molecule has 12 nitrogen and oxygen atoms in total. The predicted molar refractivity (Wildman–Crippen MR) is 158 cm³/mol. The summed E-state index contributed by atoms with van der Waals surface area (Å²) in [6, 6.07) is 19.0. The molecule has 1 aromatic heterocycles. The van der Waals surface area contributed by atoms with E-state index in [1.807, 2.05) is 23.2 Å². The number of nitrogens with zero attached hydrogens (tertiary/aromatic N) is 2. The molecule has 0 amide bonds. The van der Waals surface area contributed by atoms with Crippen LogP contribution in [0.4, 0.5) is 4.39 Å². The molecule has 3 saturated heterocycles. The second-order valence-electron chi connectivity index (χ2n) is 12.2. The molecule has 3 fully saturated rings. The average molecular weight is 645 g/mol. The SMILES string of the molecule is C[N+]1(Cc2ccccc2)C2CCC1CC(OP(=O)(O)OC[C@H]1O[C@@H](n3cc(F)c(=O)[nH]c3=O)C[C@@H]1OC(=O)c1ccccc1)C2. The number of fused-ring (bicyclic) bond motifs is 2. The molecule has 0 aliphatic carbocycles. The number of benzene rings is 2. The number of esters is 1. The third-order valence-corrected chi connectivity index (χ3v) is 10.3. The standard InChI is InChI=1S/C31H35FN3O9P/c1-35(18-20-8-4-2-5-9-20)22-12-13-23(35)15-24(14-22)44-45(39,40)41-19-27-26(43-30(37)21-10-6-3-7-11-21)16-28(42-27)34-17-25(32)29(36)33-31(34)38/h2-11,17,22-24,26-28H,12-16,18-19H2,1H3,(H-,33,36,38,39,40)/p+1/t22?,23?,24?,26-,27+,28+,35?/m0/s1. The molecule has 4 heterocycles. The lowest BCUT2D eigenvalue weighted by Crippen LogP contribution is -2.58. The van der Waals surface area contributed by atoms with E-state index in [-0.39, 0.29) is 24.1 Å². The van der Waals surface area contributed by atoms with E-state index in [0.29, 0.717) is 19.0 Å². The monoisotopic (exact) mass is 644 g/mol. The van der Waals surface area contributed by atoms with Gasteiger partial charge in [-0.3, -0.25) is 23.4 Å². The molecule has 0 radical (unpaired) electrons. The maximum Gasteiger partial charge on any atom is 0.472 e. The maximum atomic E-state index is 14.0. The van der Waals surface area contributed by atoms with Crippen LogP contribution in [0.1, 0.15) is 54.3 Å². The minimum atomic E-state index is -4.58. The van der Waals surface area contributed by atoms with Gasteiger partial charge in [0.2, 0.25) is 5.82 Å². The summed E-state index contributed by atoms with van der Waals surface area (Å²) in [5, 5.41) is 0. The van der Waals surface area contributed by atoms with Crippen LogP contribution >= 0.6 is 7.82 Å². The Morgan fingerprint density at radius 3 is 2.38 bits per heavy atom. The second-order valence-corrected chi connectivity index (χ2v) is 13.6. The molecule has 3 unspecified atom stereocenters. The van der Waals surface area contributed by atoms with Crippen LogP contribution in [0.3, 0.4) is 0 Å². The number of hydrogen-bond donors (Lipinski definition) is 2. The molecule has 2 N–H and O–H groups in total. The van der Waals surface area contributed by atoms with Crippen molar-refractivity contribution in [2.75, 3.05) is 13.7 Å². The molecular formula is C31H36FN3O9P+. The molecule has 3 aromatic rings. The Hall–Kier alpha value is -3.45. The van der Waals surface area contributed by atoms with Crippen molar-refractivity contribution in [1.29, 1.82) is 0 Å². The van der Waals surface area contributed by atoms with E-state index < -0.39 is 62.0 Å². The summed E-state index contributed by atoms with van der Waals surface area (Å²) in [5.41, 5.74) is -0.609. The number of quaternary nitrogens is 1. The van der Waals surface area contributed by atoms with E-state index in [9.17, 15) is 28.2 Å². The molecule has 6 atom stereocenters. The average Bonchev–Trinajstić information content (AvgIpc) is 3.45. The number of aromatic nitrogens is 2. The van der Waals surface area contributed by atoms with Crippen molar-refractivity contribution >= 4 is 13.8 Å². The van der Waals surface area contributed by atoms with Gasteiger partial charge in [0.15, 0.2) is 0 Å². The Kier molecular flexibility index (Phi) is 8.93. The first-order valence-corrected chi connectivity index (χ1v) is 16.5. The summed E-state index contributed by atoms with van der Waals surface area (Å²) >= 11 is 0. The summed E-state index contributed by atoms with van der Waals surface area (Å²) in [5.74, 6) is -1.89. The Morgan fingerprint density at radius 1 is 1.07 bits per heavy atom. The molecule has 45 heavy (non-hydrogen) atoms. The lowest BCUT2D eigenvalue weighted by Gasteiger charge is -2.47. The zero-order chi connectivity index (χ0) is 31.8. The van der Waals surface area contributed by atoms with Crippen molar-refractivity contribution in [3.05, 3.63) is 105 Å². The summed E-state index contributed by atoms with van der Waals surface area (Å²) in [6.45, 7) is 0.362. The molecule has 14 heteroatoms. The smallest absolute Gasteiger partial charge is 0.456 e. The van der Waals surface area contributed by atoms with Crippen LogP contribution in [-0.2, 0) is 29.6 Å². The molecule has 2 aromatic carbocycles. The lowest BCUT2D eigenvalue weighted by atomic mass is 9.96.